The van der Waals surface area contributed by atoms with E-state index in [1.165, 1.54) is 0 Å². The van der Waals surface area contributed by atoms with Crippen molar-refractivity contribution in [2.75, 3.05) is 0 Å². The first-order valence-corrected chi connectivity index (χ1v) is 10.1. The summed E-state index contributed by atoms with van der Waals surface area (Å²) < 4.78 is 27.6. The summed E-state index contributed by atoms with van der Waals surface area (Å²) in [4.78, 5) is 12.3. The van der Waals surface area contributed by atoms with Gasteiger partial charge in [0, 0.05) is 6.04 Å². The van der Waals surface area contributed by atoms with Crippen LogP contribution in [0.3, 0.4) is 0 Å². The third-order valence-corrected chi connectivity index (χ3v) is 10.3. The number of fused-ring (bicyclic) bond motifs is 1. The van der Waals surface area contributed by atoms with Gasteiger partial charge in [-0.1, -0.05) is 44.2 Å². The molecule has 24 heavy (non-hydrogen) atoms. The molecule has 4 aliphatic rings. The predicted molar refractivity (Wildman–Crippen MR) is 89.5 cm³/mol. The van der Waals surface area contributed by atoms with Crippen molar-refractivity contribution in [3.05, 3.63) is 35.9 Å². The van der Waals surface area contributed by atoms with E-state index < -0.39 is 20.8 Å². The van der Waals surface area contributed by atoms with Crippen molar-refractivity contribution < 1.29 is 13.2 Å². The van der Waals surface area contributed by atoms with Crippen molar-refractivity contribution in [1.29, 1.82) is 0 Å². The van der Waals surface area contributed by atoms with Crippen LogP contribution in [0.5, 0.6) is 0 Å². The fourth-order valence-corrected chi connectivity index (χ4v) is 9.13. The van der Waals surface area contributed by atoms with Gasteiger partial charge in [-0.15, -0.1) is 0 Å². The van der Waals surface area contributed by atoms with E-state index in [2.05, 4.69) is 19.2 Å². The number of benzene rings is 1. The molecule has 1 spiro atoms. The Hall–Kier alpha value is -1.40. The molecule has 2 saturated heterocycles. The van der Waals surface area contributed by atoms with Crippen molar-refractivity contribution in [3.8, 4) is 0 Å². The van der Waals surface area contributed by atoms with Crippen LogP contribution >= 0.6 is 0 Å². The van der Waals surface area contributed by atoms with Gasteiger partial charge in [-0.3, -0.25) is 4.79 Å². The minimum absolute atomic E-state index is 0.00138. The molecule has 0 radical (unpaired) electrons. The van der Waals surface area contributed by atoms with Gasteiger partial charge in [0.2, 0.25) is 15.9 Å². The fraction of sp³-hybridized carbons (Fsp3) is 0.611. The number of carbonyl (C=O) groups excluding carboxylic acids is 1. The number of hydrogen-bond donors (Lipinski definition) is 1. The molecule has 0 aromatic heterocycles. The van der Waals surface area contributed by atoms with Crippen LogP contribution in [0, 0.1) is 11.3 Å². The second-order valence-electron chi connectivity index (χ2n) is 8.28. The van der Waals surface area contributed by atoms with E-state index in [0.717, 1.165) is 24.8 Å². The SMILES string of the molecule is CC1(C)[C@@H]2CC[C@@]13[C@@H](C2)N([C@H]1C(=O)N[C@H]1c1ccccc1)S3(=O)=O. The lowest BCUT2D eigenvalue weighted by Crippen LogP contribution is -2.81. The highest BCUT2D eigenvalue weighted by Crippen LogP contribution is 2.71. The largest absolute Gasteiger partial charge is 0.346 e. The van der Waals surface area contributed by atoms with Crippen molar-refractivity contribution in [2.24, 2.45) is 11.3 Å². The van der Waals surface area contributed by atoms with Crippen LogP contribution in [0.15, 0.2) is 30.3 Å². The Bertz CT molecular complexity index is 835. The molecule has 5 atom stereocenters. The summed E-state index contributed by atoms with van der Waals surface area (Å²) in [5, 5.41) is 2.89. The zero-order valence-electron chi connectivity index (χ0n) is 13.9. The first-order chi connectivity index (χ1) is 11.3. The van der Waals surface area contributed by atoms with Crippen LogP contribution in [0.1, 0.15) is 44.7 Å². The minimum Gasteiger partial charge on any atom is -0.346 e. The van der Waals surface area contributed by atoms with Crippen molar-refractivity contribution in [3.63, 3.8) is 0 Å². The number of nitrogens with one attached hydrogen (secondary N) is 1. The monoisotopic (exact) mass is 346 g/mol. The molecule has 6 heteroatoms. The molecule has 1 amide bonds. The Kier molecular flexibility index (Phi) is 2.62. The molecule has 1 aromatic carbocycles. The lowest BCUT2D eigenvalue weighted by atomic mass is 9.80. The van der Waals surface area contributed by atoms with Crippen molar-refractivity contribution in [1.82, 2.24) is 9.62 Å². The Morgan fingerprint density at radius 1 is 1.21 bits per heavy atom. The van der Waals surface area contributed by atoms with E-state index in [0.29, 0.717) is 5.92 Å². The standard InChI is InChI=1S/C18H22N2O3S/c1-17(2)12-8-9-18(17)13(10-12)20(24(18,22)23)15-14(19-16(15)21)11-6-4-3-5-7-11/h3-7,12-15H,8-10H2,1-2H3,(H,19,21)/t12-,13-,14+,15-,18-/m1/s1. The van der Waals surface area contributed by atoms with E-state index >= 15 is 0 Å². The average molecular weight is 346 g/mol. The summed E-state index contributed by atoms with van der Waals surface area (Å²) >= 11 is 0. The minimum atomic E-state index is -3.44. The van der Waals surface area contributed by atoms with Gasteiger partial charge < -0.3 is 5.32 Å². The molecule has 0 unspecified atom stereocenters. The third kappa shape index (κ3) is 1.35. The van der Waals surface area contributed by atoms with Gasteiger partial charge in [0.15, 0.2) is 0 Å². The molecule has 1 aromatic rings. The maximum atomic E-state index is 13.3. The smallest absolute Gasteiger partial charge is 0.241 e. The molecular weight excluding hydrogens is 324 g/mol. The third-order valence-electron chi connectivity index (χ3n) is 7.38. The van der Waals surface area contributed by atoms with Gasteiger partial charge in [0.25, 0.3) is 0 Å². The number of rotatable bonds is 2. The molecule has 2 aliphatic heterocycles. The highest BCUT2D eigenvalue weighted by molar-refractivity contribution is 7.92. The van der Waals surface area contributed by atoms with Crippen molar-refractivity contribution >= 4 is 15.9 Å². The second kappa shape index (κ2) is 4.22. The number of sulfonamides is 1. The first kappa shape index (κ1) is 14.9. The van der Waals surface area contributed by atoms with Gasteiger partial charge in [-0.2, -0.15) is 4.31 Å². The van der Waals surface area contributed by atoms with Crippen LogP contribution < -0.4 is 5.32 Å². The highest BCUT2D eigenvalue weighted by atomic mass is 32.2. The maximum Gasteiger partial charge on any atom is 0.241 e. The Balaban J connectivity index is 1.54. The van der Waals surface area contributed by atoms with E-state index in [-0.39, 0.29) is 23.4 Å². The van der Waals surface area contributed by atoms with Gasteiger partial charge in [0.05, 0.1) is 6.04 Å². The topological polar surface area (TPSA) is 66.5 Å². The molecule has 2 bridgehead atoms. The number of carbonyl (C=O) groups is 1. The fourth-order valence-electron chi connectivity index (χ4n) is 6.04. The van der Waals surface area contributed by atoms with E-state index in [1.807, 2.05) is 30.3 Å². The number of β-lactam (4-membered cyclic amide) rings is 1. The summed E-state index contributed by atoms with van der Waals surface area (Å²) in [5.74, 6) is 0.281. The second-order valence-corrected chi connectivity index (χ2v) is 10.4. The highest BCUT2D eigenvalue weighted by Gasteiger charge is 2.82. The average Bonchev–Trinajstić information content (AvgIpc) is 2.94. The number of amides is 1. The van der Waals surface area contributed by atoms with E-state index in [1.54, 1.807) is 4.31 Å². The Morgan fingerprint density at radius 3 is 2.54 bits per heavy atom. The lowest BCUT2D eigenvalue weighted by molar-refractivity contribution is -0.137. The number of nitrogens with zero attached hydrogens (tertiary/aromatic N) is 1. The molecule has 1 N–H and O–H groups in total. The van der Waals surface area contributed by atoms with Crippen LogP contribution in [0.4, 0.5) is 0 Å². The molecule has 2 heterocycles. The van der Waals surface area contributed by atoms with Gasteiger partial charge >= 0.3 is 0 Å². The summed E-state index contributed by atoms with van der Waals surface area (Å²) in [5.41, 5.74) is 0.788. The van der Waals surface area contributed by atoms with Crippen molar-refractivity contribution in [2.45, 2.75) is 56.0 Å². The summed E-state index contributed by atoms with van der Waals surface area (Å²) in [7, 11) is -3.44. The maximum absolute atomic E-state index is 13.3. The molecule has 4 fully saturated rings. The van der Waals surface area contributed by atoms with Gasteiger partial charge in [0.1, 0.15) is 10.8 Å². The van der Waals surface area contributed by atoms with Gasteiger partial charge in [-0.05, 0) is 36.2 Å². The molecule has 128 valence electrons. The normalized spacial score (nSPS) is 44.3. The molecule has 5 nitrogen and oxygen atoms in total. The molecule has 5 rings (SSSR count). The van der Waals surface area contributed by atoms with Crippen LogP contribution in [0.2, 0.25) is 0 Å². The van der Waals surface area contributed by atoms with E-state index in [4.69, 9.17) is 0 Å². The van der Waals surface area contributed by atoms with E-state index in [9.17, 15) is 13.2 Å². The summed E-state index contributed by atoms with van der Waals surface area (Å²) in [6.45, 7) is 4.21. The molecular formula is C18H22N2O3S. The zero-order valence-corrected chi connectivity index (χ0v) is 14.7. The van der Waals surface area contributed by atoms with Crippen LogP contribution in [0.25, 0.3) is 0 Å². The Labute approximate surface area is 142 Å². The number of hydrogen-bond acceptors (Lipinski definition) is 3. The lowest BCUT2D eigenvalue weighted by Gasteiger charge is -2.61. The summed E-state index contributed by atoms with van der Waals surface area (Å²) in [6, 6.07) is 8.85. The zero-order chi connectivity index (χ0) is 16.9. The molecule has 2 aliphatic carbocycles. The Morgan fingerprint density at radius 2 is 1.92 bits per heavy atom. The molecule has 2 saturated carbocycles. The van der Waals surface area contributed by atoms with Crippen LogP contribution in [-0.2, 0) is 14.8 Å². The first-order valence-electron chi connectivity index (χ1n) is 8.71. The van der Waals surface area contributed by atoms with Gasteiger partial charge in [-0.25, -0.2) is 8.42 Å². The predicted octanol–water partition coefficient (Wildman–Crippen LogP) is 1.82. The van der Waals surface area contributed by atoms with Crippen LogP contribution in [-0.4, -0.2) is 35.5 Å². The quantitative estimate of drug-likeness (QED) is 0.831. The summed E-state index contributed by atoms with van der Waals surface area (Å²) in [6.07, 6.45) is 2.64.